The normalized spacial score (nSPS) is 12.9. The van der Waals surface area contributed by atoms with Crippen LogP contribution in [0.3, 0.4) is 0 Å². The number of rotatable bonds is 4. The van der Waals surface area contributed by atoms with Crippen molar-refractivity contribution in [3.8, 4) is 11.5 Å². The number of H-pyrrole nitrogens is 1. The van der Waals surface area contributed by atoms with E-state index in [9.17, 15) is 10.1 Å². The van der Waals surface area contributed by atoms with E-state index in [-0.39, 0.29) is 24.0 Å². The summed E-state index contributed by atoms with van der Waals surface area (Å²) in [6.07, 6.45) is 1.29. The third-order valence-electron chi connectivity index (χ3n) is 4.46. The quantitative estimate of drug-likeness (QED) is 0.307. The van der Waals surface area contributed by atoms with Crippen LogP contribution in [0.4, 0.5) is 11.6 Å². The van der Waals surface area contributed by atoms with Crippen molar-refractivity contribution in [1.29, 1.82) is 0 Å². The Morgan fingerprint density at radius 3 is 2.90 bits per heavy atom. The number of nitrogens with zero attached hydrogens (tertiary/aromatic N) is 5. The molecular formula is C18H13N7O4. The number of nitro benzene ring substituents is 1. The molecule has 0 fully saturated rings. The van der Waals surface area contributed by atoms with Crippen LogP contribution in [0.5, 0.6) is 11.5 Å². The minimum atomic E-state index is -0.514. The van der Waals surface area contributed by atoms with Crippen LogP contribution < -0.4 is 14.9 Å². The number of hydrazone groups is 1. The van der Waals surface area contributed by atoms with Gasteiger partial charge in [0.05, 0.1) is 22.8 Å². The Morgan fingerprint density at radius 2 is 2.07 bits per heavy atom. The minimum Gasteiger partial charge on any atom is -0.454 e. The smallest absolute Gasteiger partial charge is 0.282 e. The first-order valence-electron chi connectivity index (χ1n) is 8.58. The van der Waals surface area contributed by atoms with E-state index in [1.165, 1.54) is 18.3 Å². The zero-order valence-electron chi connectivity index (χ0n) is 15.0. The molecule has 0 radical (unpaired) electrons. The van der Waals surface area contributed by atoms with E-state index in [1.807, 2.05) is 25.1 Å². The van der Waals surface area contributed by atoms with E-state index in [2.05, 4.69) is 30.7 Å². The molecule has 29 heavy (non-hydrogen) atoms. The number of aromatic amines is 1. The summed E-state index contributed by atoms with van der Waals surface area (Å²) in [5, 5.41) is 24.5. The topological polar surface area (TPSA) is 140 Å². The zero-order chi connectivity index (χ0) is 20.0. The van der Waals surface area contributed by atoms with Crippen LogP contribution >= 0.6 is 0 Å². The molecule has 0 unspecified atom stereocenters. The van der Waals surface area contributed by atoms with Crippen LogP contribution in [0.15, 0.2) is 35.4 Å². The van der Waals surface area contributed by atoms with Gasteiger partial charge >= 0.3 is 0 Å². The molecule has 1 aliphatic heterocycles. The molecule has 5 rings (SSSR count). The van der Waals surface area contributed by atoms with Crippen LogP contribution in [-0.2, 0) is 0 Å². The van der Waals surface area contributed by atoms with Crippen molar-refractivity contribution >= 4 is 39.9 Å². The Balaban J connectivity index is 1.44. The molecule has 2 aromatic heterocycles. The fraction of sp³-hybridized carbons (Fsp3) is 0.111. The highest BCUT2D eigenvalue weighted by molar-refractivity contribution is 6.03. The molecule has 3 heterocycles. The zero-order valence-corrected chi connectivity index (χ0v) is 15.0. The summed E-state index contributed by atoms with van der Waals surface area (Å²) >= 11 is 0. The van der Waals surface area contributed by atoms with Crippen LogP contribution in [0.25, 0.3) is 22.1 Å². The minimum absolute atomic E-state index is 0.0227. The summed E-state index contributed by atoms with van der Waals surface area (Å²) in [7, 11) is 0. The highest BCUT2D eigenvalue weighted by Crippen LogP contribution is 2.37. The number of hydrogen-bond acceptors (Lipinski definition) is 9. The largest absolute Gasteiger partial charge is 0.454 e. The highest BCUT2D eigenvalue weighted by atomic mass is 16.7. The Bertz CT molecular complexity index is 1310. The van der Waals surface area contributed by atoms with E-state index >= 15 is 0 Å². The molecule has 2 aromatic carbocycles. The predicted molar refractivity (Wildman–Crippen MR) is 104 cm³/mol. The molecular weight excluding hydrogens is 378 g/mol. The molecule has 0 atom stereocenters. The predicted octanol–water partition coefficient (Wildman–Crippen LogP) is 2.90. The summed E-state index contributed by atoms with van der Waals surface area (Å²) in [6.45, 7) is 2.02. The van der Waals surface area contributed by atoms with E-state index in [0.29, 0.717) is 22.7 Å². The van der Waals surface area contributed by atoms with Crippen molar-refractivity contribution in [2.24, 2.45) is 5.10 Å². The molecule has 0 amide bonds. The molecule has 4 aromatic rings. The van der Waals surface area contributed by atoms with E-state index < -0.39 is 4.92 Å². The number of fused-ring (bicyclic) bond motifs is 4. The number of benzene rings is 2. The third-order valence-corrected chi connectivity index (χ3v) is 4.46. The second-order valence-electron chi connectivity index (χ2n) is 6.40. The molecule has 0 spiro atoms. The van der Waals surface area contributed by atoms with Gasteiger partial charge in [-0.3, -0.25) is 10.1 Å². The van der Waals surface area contributed by atoms with Crippen LogP contribution in [-0.4, -0.2) is 38.1 Å². The molecule has 11 nitrogen and oxygen atoms in total. The van der Waals surface area contributed by atoms with Gasteiger partial charge < -0.3 is 14.5 Å². The third kappa shape index (κ3) is 2.94. The van der Waals surface area contributed by atoms with Gasteiger partial charge in [0, 0.05) is 10.9 Å². The van der Waals surface area contributed by atoms with Gasteiger partial charge in [0.1, 0.15) is 5.52 Å². The Hall–Kier alpha value is -4.28. The number of anilines is 1. The van der Waals surface area contributed by atoms with Gasteiger partial charge in [-0.05, 0) is 25.1 Å². The number of aryl methyl sites for hydroxylation is 1. The van der Waals surface area contributed by atoms with Gasteiger partial charge in [-0.15, -0.1) is 10.2 Å². The summed E-state index contributed by atoms with van der Waals surface area (Å²) < 4.78 is 10.4. The van der Waals surface area contributed by atoms with Crippen molar-refractivity contribution < 1.29 is 14.4 Å². The molecule has 0 saturated heterocycles. The summed E-state index contributed by atoms with van der Waals surface area (Å²) in [4.78, 5) is 18.3. The first-order valence-corrected chi connectivity index (χ1v) is 8.58. The Labute approximate surface area is 162 Å². The molecule has 0 bridgehead atoms. The molecule has 1 aliphatic rings. The number of aromatic nitrogens is 4. The van der Waals surface area contributed by atoms with Crippen molar-refractivity contribution in [2.75, 3.05) is 12.2 Å². The van der Waals surface area contributed by atoms with E-state index in [4.69, 9.17) is 9.47 Å². The average molecular weight is 391 g/mol. The molecule has 2 N–H and O–H groups in total. The maximum absolute atomic E-state index is 11.3. The lowest BCUT2D eigenvalue weighted by Crippen LogP contribution is -2.00. The van der Waals surface area contributed by atoms with Crippen molar-refractivity contribution in [1.82, 2.24) is 20.2 Å². The second kappa shape index (κ2) is 6.41. The summed E-state index contributed by atoms with van der Waals surface area (Å²) in [5.41, 5.74) is 5.98. The average Bonchev–Trinajstić information content (AvgIpc) is 3.30. The maximum Gasteiger partial charge on any atom is 0.282 e. The fourth-order valence-corrected chi connectivity index (χ4v) is 3.10. The lowest BCUT2D eigenvalue weighted by Gasteiger charge is -2.01. The number of hydrogen-bond donors (Lipinski definition) is 2. The number of ether oxygens (including phenoxy) is 2. The van der Waals surface area contributed by atoms with Crippen molar-refractivity contribution in [3.05, 3.63) is 51.6 Å². The van der Waals surface area contributed by atoms with Gasteiger partial charge in [0.15, 0.2) is 17.1 Å². The van der Waals surface area contributed by atoms with Crippen LogP contribution in [0, 0.1) is 17.0 Å². The van der Waals surface area contributed by atoms with Crippen molar-refractivity contribution in [3.63, 3.8) is 0 Å². The molecule has 11 heteroatoms. The maximum atomic E-state index is 11.3. The Morgan fingerprint density at radius 1 is 1.24 bits per heavy atom. The highest BCUT2D eigenvalue weighted by Gasteiger charge is 2.22. The first kappa shape index (κ1) is 16.9. The second-order valence-corrected chi connectivity index (χ2v) is 6.40. The molecule has 0 aliphatic carbocycles. The van der Waals surface area contributed by atoms with Crippen molar-refractivity contribution in [2.45, 2.75) is 6.92 Å². The molecule has 144 valence electrons. The van der Waals surface area contributed by atoms with E-state index in [0.717, 1.165) is 16.5 Å². The standard InChI is InChI=1S/C18H13N7O4/c1-9-2-3-12-11(4-9)16-17(20-12)21-18(24-22-16)23-19-7-10-5-14-15(29-8-28-14)6-13(10)25(26)27/h2-7H,8H2,1H3,(H2,20,21,23,24)/b19-7+. The molecule has 0 saturated carbocycles. The SMILES string of the molecule is Cc1ccc2[nH]c3nc(N/N=C/c4cc5c(cc4[N+](=O)[O-])OCO5)nnc3c2c1. The Kier molecular flexibility index (Phi) is 3.72. The van der Waals surface area contributed by atoms with Crippen LogP contribution in [0.1, 0.15) is 11.1 Å². The van der Waals surface area contributed by atoms with E-state index in [1.54, 1.807) is 0 Å². The number of nitrogens with one attached hydrogen (secondary N) is 2. The first-order chi connectivity index (χ1) is 14.1. The fourth-order valence-electron chi connectivity index (χ4n) is 3.10. The lowest BCUT2D eigenvalue weighted by molar-refractivity contribution is -0.385. The lowest BCUT2D eigenvalue weighted by atomic mass is 10.1. The van der Waals surface area contributed by atoms with Gasteiger partial charge in [0.25, 0.3) is 11.6 Å². The van der Waals surface area contributed by atoms with Crippen LogP contribution in [0.2, 0.25) is 0 Å². The van der Waals surface area contributed by atoms with Gasteiger partial charge in [-0.1, -0.05) is 11.6 Å². The van der Waals surface area contributed by atoms with Gasteiger partial charge in [-0.2, -0.15) is 10.1 Å². The summed E-state index contributed by atoms with van der Waals surface area (Å²) in [6, 6.07) is 8.76. The van der Waals surface area contributed by atoms with Gasteiger partial charge in [-0.25, -0.2) is 5.43 Å². The summed E-state index contributed by atoms with van der Waals surface area (Å²) in [5.74, 6) is 0.902. The number of nitro groups is 1. The van der Waals surface area contributed by atoms with Gasteiger partial charge in [0.2, 0.25) is 6.79 Å². The monoisotopic (exact) mass is 391 g/mol.